The van der Waals surface area contributed by atoms with E-state index in [0.717, 1.165) is 12.0 Å². The number of carbonyl (C=O) groups is 1. The zero-order chi connectivity index (χ0) is 19.7. The van der Waals surface area contributed by atoms with Gasteiger partial charge in [0.15, 0.2) is 5.65 Å². The van der Waals surface area contributed by atoms with Gasteiger partial charge in [-0.15, -0.1) is 10.2 Å². The largest absolute Gasteiger partial charge is 0.350 e. The summed E-state index contributed by atoms with van der Waals surface area (Å²) < 4.78 is 3.00. The maximum atomic E-state index is 12.9. The van der Waals surface area contributed by atoms with Gasteiger partial charge in [-0.3, -0.25) is 18.6 Å². The summed E-state index contributed by atoms with van der Waals surface area (Å²) in [6, 6.07) is 11.6. The normalized spacial score (nSPS) is 11.2. The maximum Gasteiger partial charge on any atom is 0.297 e. The fourth-order valence-corrected chi connectivity index (χ4v) is 3.21. The van der Waals surface area contributed by atoms with Crippen molar-refractivity contribution in [2.45, 2.75) is 33.4 Å². The summed E-state index contributed by atoms with van der Waals surface area (Å²) in [5, 5.41) is 10.8. The number of hydrogen-bond donors (Lipinski definition) is 1. The van der Waals surface area contributed by atoms with E-state index in [1.165, 1.54) is 10.1 Å². The van der Waals surface area contributed by atoms with Crippen molar-refractivity contribution in [3.63, 3.8) is 0 Å². The number of rotatable bonds is 5. The number of carbonyl (C=O) groups excluding carboxylic acids is 1. The molecule has 0 bridgehead atoms. The fraction of sp³-hybridized carbons (Fsp3) is 0.250. The molecule has 1 N–H and O–H groups in total. The maximum absolute atomic E-state index is 12.9. The zero-order valence-electron chi connectivity index (χ0n) is 15.7. The Labute approximate surface area is 160 Å². The van der Waals surface area contributed by atoms with Gasteiger partial charge in [0.2, 0.25) is 11.6 Å². The molecule has 0 aliphatic heterocycles. The van der Waals surface area contributed by atoms with Gasteiger partial charge in [0.05, 0.1) is 5.52 Å². The van der Waals surface area contributed by atoms with Crippen molar-refractivity contribution in [2.24, 2.45) is 0 Å². The first-order valence-corrected chi connectivity index (χ1v) is 9.12. The minimum atomic E-state index is -0.372. The van der Waals surface area contributed by atoms with Crippen LogP contribution in [0.15, 0.2) is 47.4 Å². The number of nitrogens with one attached hydrogen (secondary N) is 1. The molecular formula is C20H20N6O2. The lowest BCUT2D eigenvalue weighted by Gasteiger charge is -2.12. The van der Waals surface area contributed by atoms with E-state index < -0.39 is 0 Å². The second-order valence-corrected chi connectivity index (χ2v) is 6.59. The molecule has 8 heteroatoms. The Balaban J connectivity index is 1.62. The summed E-state index contributed by atoms with van der Waals surface area (Å²) in [5.74, 6) is 0.315. The first kappa shape index (κ1) is 17.8. The molecule has 0 aliphatic carbocycles. The van der Waals surface area contributed by atoms with Gasteiger partial charge in [0, 0.05) is 12.7 Å². The smallest absolute Gasteiger partial charge is 0.297 e. The van der Waals surface area contributed by atoms with E-state index in [1.807, 2.05) is 24.3 Å². The molecule has 28 heavy (non-hydrogen) atoms. The van der Waals surface area contributed by atoms with Crippen molar-refractivity contribution in [1.29, 1.82) is 0 Å². The van der Waals surface area contributed by atoms with Crippen LogP contribution in [0, 0.1) is 6.92 Å². The molecule has 0 unspecified atom stereocenters. The lowest BCUT2D eigenvalue weighted by molar-refractivity contribution is -0.121. The van der Waals surface area contributed by atoms with Gasteiger partial charge in [-0.1, -0.05) is 31.2 Å². The predicted molar refractivity (Wildman–Crippen MR) is 105 cm³/mol. The van der Waals surface area contributed by atoms with Crippen LogP contribution in [-0.4, -0.2) is 30.1 Å². The minimum absolute atomic E-state index is 0.115. The van der Waals surface area contributed by atoms with Crippen molar-refractivity contribution in [3.05, 3.63) is 69.9 Å². The number of aryl methyl sites for hydroxylation is 2. The van der Waals surface area contributed by atoms with Crippen LogP contribution in [-0.2, 0) is 24.3 Å². The molecule has 8 nitrogen and oxygen atoms in total. The Morgan fingerprint density at radius 1 is 1.07 bits per heavy atom. The molecule has 4 aromatic rings. The molecule has 0 saturated heterocycles. The molecule has 142 valence electrons. The first-order chi connectivity index (χ1) is 13.6. The van der Waals surface area contributed by atoms with Gasteiger partial charge < -0.3 is 5.32 Å². The molecule has 0 spiro atoms. The Kier molecular flexibility index (Phi) is 4.60. The number of pyridine rings is 1. The molecule has 3 aromatic heterocycles. The Bertz CT molecular complexity index is 1220. The molecule has 4 rings (SSSR count). The number of aromatic nitrogens is 5. The highest BCUT2D eigenvalue weighted by molar-refractivity contribution is 5.80. The molecule has 3 heterocycles. The van der Waals surface area contributed by atoms with Crippen molar-refractivity contribution >= 4 is 22.7 Å². The summed E-state index contributed by atoms with van der Waals surface area (Å²) in [5.41, 5.74) is 3.15. The van der Waals surface area contributed by atoms with Crippen molar-refractivity contribution < 1.29 is 4.79 Å². The fourth-order valence-electron chi connectivity index (χ4n) is 3.21. The second-order valence-electron chi connectivity index (χ2n) is 6.59. The quantitative estimate of drug-likeness (QED) is 0.571. The highest BCUT2D eigenvalue weighted by Gasteiger charge is 2.17. The van der Waals surface area contributed by atoms with Crippen LogP contribution in [0.2, 0.25) is 0 Å². The van der Waals surface area contributed by atoms with Gasteiger partial charge in [-0.05, 0) is 36.6 Å². The third-order valence-corrected chi connectivity index (χ3v) is 4.75. The number of nitrogens with zero attached hydrogens (tertiary/aromatic N) is 5. The van der Waals surface area contributed by atoms with Crippen LogP contribution in [0.5, 0.6) is 0 Å². The molecule has 1 amide bonds. The van der Waals surface area contributed by atoms with Crippen LogP contribution in [0.4, 0.5) is 0 Å². The molecule has 0 aliphatic rings. The average molecular weight is 376 g/mol. The van der Waals surface area contributed by atoms with Gasteiger partial charge in [-0.2, -0.15) is 0 Å². The third-order valence-electron chi connectivity index (χ3n) is 4.75. The summed E-state index contributed by atoms with van der Waals surface area (Å²) in [7, 11) is 0. The second kappa shape index (κ2) is 7.22. The SMILES string of the molecule is CCc1ccc(CNC(=O)Cn2c(=O)c3nnc(C)n3c3ncccc32)cc1. The Hall–Kier alpha value is -3.55. The van der Waals surface area contributed by atoms with Crippen LogP contribution in [0.3, 0.4) is 0 Å². The minimum Gasteiger partial charge on any atom is -0.350 e. The molecule has 1 aromatic carbocycles. The lowest BCUT2D eigenvalue weighted by Crippen LogP contribution is -2.33. The molecule has 0 atom stereocenters. The van der Waals surface area contributed by atoms with Crippen molar-refractivity contribution in [3.8, 4) is 0 Å². The topological polar surface area (TPSA) is 94.2 Å². The van der Waals surface area contributed by atoms with E-state index in [9.17, 15) is 9.59 Å². The summed E-state index contributed by atoms with van der Waals surface area (Å²) >= 11 is 0. The van der Waals surface area contributed by atoms with E-state index in [1.54, 1.807) is 29.7 Å². The molecule has 0 saturated carbocycles. The van der Waals surface area contributed by atoms with Crippen LogP contribution >= 0.6 is 0 Å². The standard InChI is InChI=1S/C20H20N6O2/c1-3-14-6-8-15(9-7-14)11-22-17(27)12-25-16-5-4-10-21-18(16)26-13(2)23-24-19(26)20(25)28/h4-10H,3,11-12H2,1-2H3,(H,22,27). The van der Waals surface area contributed by atoms with E-state index in [4.69, 9.17) is 0 Å². The molecule has 0 fully saturated rings. The highest BCUT2D eigenvalue weighted by atomic mass is 16.2. The van der Waals surface area contributed by atoms with Gasteiger partial charge in [0.1, 0.15) is 12.4 Å². The van der Waals surface area contributed by atoms with Crippen molar-refractivity contribution in [2.75, 3.05) is 0 Å². The Morgan fingerprint density at radius 3 is 2.57 bits per heavy atom. The third kappa shape index (κ3) is 3.13. The number of hydrogen-bond acceptors (Lipinski definition) is 5. The summed E-state index contributed by atoms with van der Waals surface area (Å²) in [6.07, 6.45) is 2.61. The van der Waals surface area contributed by atoms with Crippen LogP contribution in [0.25, 0.3) is 16.8 Å². The molecular weight excluding hydrogens is 356 g/mol. The van der Waals surface area contributed by atoms with E-state index in [0.29, 0.717) is 23.5 Å². The number of benzene rings is 1. The zero-order valence-corrected chi connectivity index (χ0v) is 15.7. The summed E-state index contributed by atoms with van der Waals surface area (Å²) in [4.78, 5) is 29.7. The van der Waals surface area contributed by atoms with E-state index in [-0.39, 0.29) is 23.7 Å². The number of fused-ring (bicyclic) bond motifs is 3. The monoisotopic (exact) mass is 376 g/mol. The highest BCUT2D eigenvalue weighted by Crippen LogP contribution is 2.12. The van der Waals surface area contributed by atoms with Gasteiger partial charge >= 0.3 is 0 Å². The van der Waals surface area contributed by atoms with E-state index in [2.05, 4.69) is 27.4 Å². The first-order valence-electron chi connectivity index (χ1n) is 9.12. The van der Waals surface area contributed by atoms with Crippen molar-refractivity contribution in [1.82, 2.24) is 29.5 Å². The summed E-state index contributed by atoms with van der Waals surface area (Å²) in [6.45, 7) is 4.15. The van der Waals surface area contributed by atoms with Crippen LogP contribution in [0.1, 0.15) is 23.9 Å². The number of amides is 1. The van der Waals surface area contributed by atoms with Gasteiger partial charge in [-0.25, -0.2) is 4.98 Å². The molecule has 0 radical (unpaired) electrons. The van der Waals surface area contributed by atoms with Gasteiger partial charge in [0.25, 0.3) is 5.56 Å². The lowest BCUT2D eigenvalue weighted by atomic mass is 10.1. The Morgan fingerprint density at radius 2 is 1.82 bits per heavy atom. The average Bonchev–Trinajstić information content (AvgIpc) is 3.12. The van der Waals surface area contributed by atoms with Crippen LogP contribution < -0.4 is 10.9 Å². The van der Waals surface area contributed by atoms with E-state index >= 15 is 0 Å². The predicted octanol–water partition coefficient (Wildman–Crippen LogP) is 1.63.